The van der Waals surface area contributed by atoms with E-state index < -0.39 is 11.4 Å². The number of carboxylic acid groups (broad SMARTS) is 1. The number of halogens is 1. The van der Waals surface area contributed by atoms with Gasteiger partial charge in [-0.3, -0.25) is 4.79 Å². The minimum atomic E-state index is -0.718. The van der Waals surface area contributed by atoms with Gasteiger partial charge in [0.2, 0.25) is 0 Å². The first-order chi connectivity index (χ1) is 8.12. The topological polar surface area (TPSA) is 49.3 Å². The Morgan fingerprint density at radius 1 is 1.53 bits per heavy atom. The van der Waals surface area contributed by atoms with Gasteiger partial charge in [0, 0.05) is 11.6 Å². The smallest absolute Gasteiger partial charge is 0.311 e. The summed E-state index contributed by atoms with van der Waals surface area (Å²) in [5.74, 6) is -0.718. The van der Waals surface area contributed by atoms with Crippen molar-refractivity contribution >= 4 is 17.6 Å². The number of aliphatic carboxylic acids is 1. The van der Waals surface area contributed by atoms with Crippen LogP contribution in [0.4, 0.5) is 0 Å². The molecule has 4 heteroatoms. The van der Waals surface area contributed by atoms with Gasteiger partial charge in [0.05, 0.1) is 5.41 Å². The highest BCUT2D eigenvalue weighted by Crippen LogP contribution is 2.31. The van der Waals surface area contributed by atoms with Crippen LogP contribution in [0.1, 0.15) is 18.4 Å². The predicted molar refractivity (Wildman–Crippen MR) is 67.3 cm³/mol. The summed E-state index contributed by atoms with van der Waals surface area (Å²) >= 11 is 5.92. The molecule has 0 aromatic heterocycles. The van der Waals surface area contributed by atoms with E-state index in [-0.39, 0.29) is 0 Å². The highest BCUT2D eigenvalue weighted by Gasteiger charge is 2.39. The van der Waals surface area contributed by atoms with E-state index in [1.54, 1.807) is 6.07 Å². The molecule has 17 heavy (non-hydrogen) atoms. The van der Waals surface area contributed by atoms with Crippen LogP contribution in [-0.2, 0) is 11.2 Å². The molecule has 0 radical (unpaired) electrons. The Morgan fingerprint density at radius 3 is 2.94 bits per heavy atom. The van der Waals surface area contributed by atoms with Crippen molar-refractivity contribution in [2.45, 2.75) is 19.3 Å². The van der Waals surface area contributed by atoms with Crippen molar-refractivity contribution in [3.63, 3.8) is 0 Å². The molecule has 2 rings (SSSR count). The van der Waals surface area contributed by atoms with Gasteiger partial charge in [0.25, 0.3) is 0 Å². The normalized spacial score (nSPS) is 24.5. The van der Waals surface area contributed by atoms with E-state index >= 15 is 0 Å². The van der Waals surface area contributed by atoms with E-state index in [4.69, 9.17) is 11.6 Å². The lowest BCUT2D eigenvalue weighted by atomic mass is 9.76. The van der Waals surface area contributed by atoms with Crippen LogP contribution in [0.3, 0.4) is 0 Å². The van der Waals surface area contributed by atoms with Gasteiger partial charge < -0.3 is 10.4 Å². The summed E-state index contributed by atoms with van der Waals surface area (Å²) in [6, 6.07) is 7.45. The van der Waals surface area contributed by atoms with Crippen LogP contribution in [0.25, 0.3) is 0 Å². The number of piperidine rings is 1. The maximum Gasteiger partial charge on any atom is 0.311 e. The third kappa shape index (κ3) is 2.79. The molecule has 92 valence electrons. The molecule has 1 aromatic rings. The Kier molecular flexibility index (Phi) is 3.69. The summed E-state index contributed by atoms with van der Waals surface area (Å²) in [5, 5.41) is 13.3. The average Bonchev–Trinajstić information content (AvgIpc) is 2.30. The maximum atomic E-state index is 11.5. The Morgan fingerprint density at radius 2 is 2.35 bits per heavy atom. The van der Waals surface area contributed by atoms with Crippen molar-refractivity contribution in [1.82, 2.24) is 5.32 Å². The highest BCUT2D eigenvalue weighted by molar-refractivity contribution is 6.30. The molecule has 0 saturated carbocycles. The lowest BCUT2D eigenvalue weighted by molar-refractivity contribution is -0.150. The number of hydrogen-bond donors (Lipinski definition) is 2. The van der Waals surface area contributed by atoms with Crippen LogP contribution < -0.4 is 5.32 Å². The Labute approximate surface area is 106 Å². The van der Waals surface area contributed by atoms with Crippen molar-refractivity contribution in [2.24, 2.45) is 5.41 Å². The molecule has 1 aliphatic heterocycles. The van der Waals surface area contributed by atoms with Gasteiger partial charge in [-0.15, -0.1) is 0 Å². The molecule has 1 fully saturated rings. The lowest BCUT2D eigenvalue weighted by Crippen LogP contribution is -2.47. The fourth-order valence-electron chi connectivity index (χ4n) is 2.41. The van der Waals surface area contributed by atoms with Crippen LogP contribution in [0.2, 0.25) is 5.02 Å². The third-order valence-electron chi connectivity index (χ3n) is 3.36. The van der Waals surface area contributed by atoms with Crippen molar-refractivity contribution in [3.05, 3.63) is 34.9 Å². The summed E-state index contributed by atoms with van der Waals surface area (Å²) < 4.78 is 0. The number of benzene rings is 1. The van der Waals surface area contributed by atoms with E-state index in [2.05, 4.69) is 5.32 Å². The summed E-state index contributed by atoms with van der Waals surface area (Å²) in [6.07, 6.45) is 2.17. The molecule has 1 heterocycles. The first-order valence-electron chi connectivity index (χ1n) is 5.81. The highest BCUT2D eigenvalue weighted by atomic mass is 35.5. The quantitative estimate of drug-likeness (QED) is 0.869. The summed E-state index contributed by atoms with van der Waals surface area (Å²) in [7, 11) is 0. The second-order valence-corrected chi connectivity index (χ2v) is 5.11. The minimum absolute atomic E-state index is 0.537. The van der Waals surface area contributed by atoms with E-state index in [0.29, 0.717) is 18.0 Å². The molecule has 0 spiro atoms. The first-order valence-corrected chi connectivity index (χ1v) is 6.19. The molecule has 1 aliphatic rings. The fraction of sp³-hybridized carbons (Fsp3) is 0.462. The standard InChI is InChI=1S/C13H16ClNO2/c14-11-4-1-3-10(7-11)8-13(12(16)17)5-2-6-15-9-13/h1,3-4,7,15H,2,5-6,8-9H2,(H,16,17). The minimum Gasteiger partial charge on any atom is -0.481 e. The SMILES string of the molecule is O=C(O)C1(Cc2cccc(Cl)c2)CCCNC1. The number of hydrogen-bond acceptors (Lipinski definition) is 2. The van der Waals surface area contributed by atoms with Gasteiger partial charge in [-0.1, -0.05) is 23.7 Å². The number of carboxylic acids is 1. The van der Waals surface area contributed by atoms with Gasteiger partial charge in [0.1, 0.15) is 0 Å². The van der Waals surface area contributed by atoms with Gasteiger partial charge in [-0.2, -0.15) is 0 Å². The van der Waals surface area contributed by atoms with E-state index in [1.165, 1.54) is 0 Å². The van der Waals surface area contributed by atoms with Crippen LogP contribution >= 0.6 is 11.6 Å². The van der Waals surface area contributed by atoms with Crippen molar-refractivity contribution < 1.29 is 9.90 Å². The molecule has 1 atom stereocenters. The summed E-state index contributed by atoms with van der Waals surface area (Å²) in [4.78, 5) is 11.5. The van der Waals surface area contributed by atoms with Gasteiger partial charge in [-0.25, -0.2) is 0 Å². The largest absolute Gasteiger partial charge is 0.481 e. The Bertz CT molecular complexity index is 414. The average molecular weight is 254 g/mol. The molecule has 1 aromatic carbocycles. The molecule has 1 unspecified atom stereocenters. The lowest BCUT2D eigenvalue weighted by Gasteiger charge is -2.33. The van der Waals surface area contributed by atoms with Gasteiger partial charge >= 0.3 is 5.97 Å². The molecular weight excluding hydrogens is 238 g/mol. The zero-order chi connectivity index (χ0) is 12.3. The zero-order valence-electron chi connectivity index (χ0n) is 9.58. The summed E-state index contributed by atoms with van der Waals surface area (Å²) in [6.45, 7) is 1.44. The first kappa shape index (κ1) is 12.4. The number of carbonyl (C=O) groups is 1. The zero-order valence-corrected chi connectivity index (χ0v) is 10.3. The van der Waals surface area contributed by atoms with Crippen LogP contribution in [0.5, 0.6) is 0 Å². The second kappa shape index (κ2) is 5.07. The number of rotatable bonds is 3. The van der Waals surface area contributed by atoms with Crippen LogP contribution in [0.15, 0.2) is 24.3 Å². The second-order valence-electron chi connectivity index (χ2n) is 4.67. The maximum absolute atomic E-state index is 11.5. The number of nitrogens with one attached hydrogen (secondary N) is 1. The van der Waals surface area contributed by atoms with E-state index in [0.717, 1.165) is 24.9 Å². The molecule has 1 saturated heterocycles. The Hall–Kier alpha value is -1.06. The van der Waals surface area contributed by atoms with Gasteiger partial charge in [-0.05, 0) is 43.5 Å². The molecule has 3 nitrogen and oxygen atoms in total. The van der Waals surface area contributed by atoms with Crippen LogP contribution in [-0.4, -0.2) is 24.2 Å². The summed E-state index contributed by atoms with van der Waals surface area (Å²) in [5.41, 5.74) is 0.312. The molecule has 0 bridgehead atoms. The van der Waals surface area contributed by atoms with Gasteiger partial charge in [0.15, 0.2) is 0 Å². The predicted octanol–water partition coefficient (Wildman–Crippen LogP) is 2.34. The molecule has 0 aliphatic carbocycles. The van der Waals surface area contributed by atoms with Crippen LogP contribution in [0, 0.1) is 5.41 Å². The van der Waals surface area contributed by atoms with E-state index in [1.807, 2.05) is 18.2 Å². The third-order valence-corrected chi connectivity index (χ3v) is 3.59. The molecular formula is C13H16ClNO2. The molecule has 2 N–H and O–H groups in total. The van der Waals surface area contributed by atoms with Crippen molar-refractivity contribution in [1.29, 1.82) is 0 Å². The molecule has 0 amide bonds. The van der Waals surface area contributed by atoms with E-state index in [9.17, 15) is 9.90 Å². The van der Waals surface area contributed by atoms with Crippen molar-refractivity contribution in [2.75, 3.05) is 13.1 Å². The fourth-order valence-corrected chi connectivity index (χ4v) is 2.63. The monoisotopic (exact) mass is 253 g/mol. The van der Waals surface area contributed by atoms with Crippen molar-refractivity contribution in [3.8, 4) is 0 Å². The Balaban J connectivity index is 2.20.